The molecule has 2 aromatic heterocycles. The average molecular weight is 488 g/mol. The van der Waals surface area contributed by atoms with Gasteiger partial charge in [0, 0.05) is 24.7 Å². The minimum Gasteiger partial charge on any atom is -0.497 e. The highest BCUT2D eigenvalue weighted by atomic mass is 19.1. The number of aromatic nitrogens is 4. The molecule has 4 aromatic rings. The van der Waals surface area contributed by atoms with Crippen molar-refractivity contribution >= 4 is 5.95 Å². The predicted octanol–water partition coefficient (Wildman–Crippen LogP) is 5.68. The van der Waals surface area contributed by atoms with Crippen LogP contribution in [-0.2, 0) is 17.8 Å². The summed E-state index contributed by atoms with van der Waals surface area (Å²) < 4.78 is 27.3. The third-order valence-corrected chi connectivity index (χ3v) is 6.34. The fourth-order valence-electron chi connectivity index (χ4n) is 4.53. The molecule has 3 heterocycles. The van der Waals surface area contributed by atoms with Crippen LogP contribution < -0.4 is 10.1 Å². The van der Waals surface area contributed by atoms with E-state index in [1.807, 2.05) is 30.3 Å². The second-order valence-corrected chi connectivity index (χ2v) is 8.85. The van der Waals surface area contributed by atoms with E-state index in [9.17, 15) is 4.39 Å². The molecule has 1 aliphatic heterocycles. The first-order chi connectivity index (χ1) is 17.7. The number of methoxy groups -OCH3 is 1. The van der Waals surface area contributed by atoms with Gasteiger partial charge in [0.15, 0.2) is 0 Å². The van der Waals surface area contributed by atoms with Gasteiger partial charge in [0.25, 0.3) is 0 Å². The van der Waals surface area contributed by atoms with Crippen LogP contribution in [0.1, 0.15) is 37.2 Å². The fraction of sp³-hybridized carbons (Fsp3) is 0.321. The molecule has 7 nitrogen and oxygen atoms in total. The summed E-state index contributed by atoms with van der Waals surface area (Å²) in [7, 11) is 1.66. The number of aryl methyl sites for hydroxylation is 1. The molecular weight excluding hydrogens is 457 g/mol. The first-order valence-corrected chi connectivity index (χ1v) is 12.3. The van der Waals surface area contributed by atoms with Crippen LogP contribution in [0.2, 0.25) is 0 Å². The quantitative estimate of drug-likeness (QED) is 0.310. The maximum absolute atomic E-state index is 13.7. The number of anilines is 1. The first-order valence-electron chi connectivity index (χ1n) is 12.3. The van der Waals surface area contributed by atoms with Gasteiger partial charge in [-0.3, -0.25) is 0 Å². The Balaban J connectivity index is 1.45. The van der Waals surface area contributed by atoms with Gasteiger partial charge in [-0.05, 0) is 60.9 Å². The third-order valence-electron chi connectivity index (χ3n) is 6.34. The van der Waals surface area contributed by atoms with Crippen LogP contribution in [0.4, 0.5) is 10.3 Å². The van der Waals surface area contributed by atoms with E-state index in [2.05, 4.69) is 21.8 Å². The summed E-state index contributed by atoms with van der Waals surface area (Å²) in [6.45, 7) is 3.96. The zero-order valence-corrected chi connectivity index (χ0v) is 20.6. The summed E-state index contributed by atoms with van der Waals surface area (Å²) in [5, 5.41) is 3.27. The molecule has 0 radical (unpaired) electrons. The Kier molecular flexibility index (Phi) is 7.23. The van der Waals surface area contributed by atoms with Crippen LogP contribution in [0.5, 0.6) is 5.75 Å². The summed E-state index contributed by atoms with van der Waals surface area (Å²) >= 11 is 0. The second kappa shape index (κ2) is 10.9. The first kappa shape index (κ1) is 23.9. The number of rotatable bonds is 10. The summed E-state index contributed by atoms with van der Waals surface area (Å²) in [5.74, 6) is 2.13. The van der Waals surface area contributed by atoms with Crippen molar-refractivity contribution in [2.75, 3.05) is 25.6 Å². The Morgan fingerprint density at radius 2 is 1.86 bits per heavy atom. The summed E-state index contributed by atoms with van der Waals surface area (Å²) in [5.41, 5.74) is 4.44. The van der Waals surface area contributed by atoms with E-state index in [-0.39, 0.29) is 11.9 Å². The van der Waals surface area contributed by atoms with Gasteiger partial charge >= 0.3 is 0 Å². The maximum atomic E-state index is 13.7. The Hall–Kier alpha value is -3.78. The molecule has 0 saturated carbocycles. The molecular formula is C28H30FN5O2. The van der Waals surface area contributed by atoms with Gasteiger partial charge in [-0.2, -0.15) is 0 Å². The minimum absolute atomic E-state index is 0.122. The van der Waals surface area contributed by atoms with Crippen molar-refractivity contribution in [2.45, 2.75) is 38.8 Å². The van der Waals surface area contributed by atoms with Gasteiger partial charge < -0.3 is 19.4 Å². The Morgan fingerprint density at radius 3 is 2.61 bits per heavy atom. The van der Waals surface area contributed by atoms with Crippen LogP contribution in [0.15, 0.2) is 60.8 Å². The van der Waals surface area contributed by atoms with Crippen molar-refractivity contribution in [2.24, 2.45) is 0 Å². The number of ether oxygens (including phenoxy) is 2. The van der Waals surface area contributed by atoms with Gasteiger partial charge in [0.05, 0.1) is 43.4 Å². The van der Waals surface area contributed by atoms with Crippen molar-refractivity contribution in [3.63, 3.8) is 0 Å². The molecule has 5 rings (SSSR count). The number of nitrogens with zero attached hydrogens (tertiary/aromatic N) is 4. The lowest BCUT2D eigenvalue weighted by Crippen LogP contribution is -2.14. The third kappa shape index (κ3) is 5.09. The Labute approximate surface area is 210 Å². The lowest BCUT2D eigenvalue weighted by molar-refractivity contribution is 0.0924. The molecule has 1 aliphatic rings. The van der Waals surface area contributed by atoms with E-state index in [0.29, 0.717) is 19.2 Å². The zero-order valence-electron chi connectivity index (χ0n) is 20.6. The number of imidazole rings is 1. The van der Waals surface area contributed by atoms with Gasteiger partial charge in [0.1, 0.15) is 17.4 Å². The van der Waals surface area contributed by atoms with Crippen LogP contribution in [0, 0.1) is 5.82 Å². The number of hydrogen-bond donors (Lipinski definition) is 1. The SMILES string of the molecule is CCCNc1nccc(-c2c(-c3ccc(F)cc3)nc3n2[C@H](COCc2ccc(OC)cc2)CC3)n1. The zero-order chi connectivity index (χ0) is 24.9. The van der Waals surface area contributed by atoms with Crippen LogP contribution in [0.25, 0.3) is 22.6 Å². The lowest BCUT2D eigenvalue weighted by atomic mass is 10.1. The van der Waals surface area contributed by atoms with Crippen LogP contribution in [0.3, 0.4) is 0 Å². The topological polar surface area (TPSA) is 74.1 Å². The summed E-state index contributed by atoms with van der Waals surface area (Å²) in [6.07, 6.45) is 4.52. The van der Waals surface area contributed by atoms with Crippen LogP contribution in [-0.4, -0.2) is 39.8 Å². The molecule has 1 N–H and O–H groups in total. The highest BCUT2D eigenvalue weighted by Crippen LogP contribution is 2.39. The predicted molar refractivity (Wildman–Crippen MR) is 137 cm³/mol. The normalized spacial score (nSPS) is 14.6. The van der Waals surface area contributed by atoms with Gasteiger partial charge in [-0.25, -0.2) is 19.3 Å². The molecule has 186 valence electrons. The minimum atomic E-state index is -0.273. The highest BCUT2D eigenvalue weighted by Gasteiger charge is 2.31. The van der Waals surface area contributed by atoms with Gasteiger partial charge in [-0.1, -0.05) is 19.1 Å². The smallest absolute Gasteiger partial charge is 0.223 e. The molecule has 8 heteroatoms. The van der Waals surface area contributed by atoms with E-state index in [1.54, 1.807) is 25.4 Å². The molecule has 0 saturated heterocycles. The molecule has 0 amide bonds. The number of fused-ring (bicyclic) bond motifs is 1. The number of hydrogen-bond acceptors (Lipinski definition) is 6. The van der Waals surface area contributed by atoms with E-state index >= 15 is 0 Å². The van der Waals surface area contributed by atoms with Crippen molar-refractivity contribution in [3.05, 3.63) is 78.0 Å². The van der Waals surface area contributed by atoms with Crippen molar-refractivity contribution in [3.8, 4) is 28.4 Å². The van der Waals surface area contributed by atoms with E-state index in [4.69, 9.17) is 19.4 Å². The van der Waals surface area contributed by atoms with Gasteiger partial charge in [-0.15, -0.1) is 0 Å². The molecule has 0 aliphatic carbocycles. The molecule has 0 spiro atoms. The lowest BCUT2D eigenvalue weighted by Gasteiger charge is -2.18. The van der Waals surface area contributed by atoms with E-state index in [0.717, 1.165) is 65.6 Å². The molecule has 36 heavy (non-hydrogen) atoms. The number of halogens is 1. The highest BCUT2D eigenvalue weighted by molar-refractivity contribution is 5.78. The summed E-state index contributed by atoms with van der Waals surface area (Å²) in [6, 6.07) is 16.4. The largest absolute Gasteiger partial charge is 0.497 e. The standard InChI is InChI=1S/C28H30FN5O2/c1-3-15-30-28-31-16-14-24(32-28)27-26(20-6-8-21(29)9-7-20)33-25-13-10-22(34(25)27)18-36-17-19-4-11-23(35-2)12-5-19/h4-9,11-12,14,16,22H,3,10,13,15,17-18H2,1-2H3,(H,30,31,32)/t22-/m0/s1. The molecule has 0 unspecified atom stereocenters. The average Bonchev–Trinajstić information content (AvgIpc) is 3.48. The number of nitrogens with one attached hydrogen (secondary N) is 1. The number of benzene rings is 2. The van der Waals surface area contributed by atoms with Crippen LogP contribution >= 0.6 is 0 Å². The monoisotopic (exact) mass is 487 g/mol. The summed E-state index contributed by atoms with van der Waals surface area (Å²) in [4.78, 5) is 14.2. The molecule has 0 fully saturated rings. The van der Waals surface area contributed by atoms with E-state index in [1.165, 1.54) is 12.1 Å². The van der Waals surface area contributed by atoms with Crippen molar-refractivity contribution < 1.29 is 13.9 Å². The van der Waals surface area contributed by atoms with Gasteiger partial charge in [0.2, 0.25) is 5.95 Å². The fourth-order valence-corrected chi connectivity index (χ4v) is 4.53. The Morgan fingerprint density at radius 1 is 1.06 bits per heavy atom. The maximum Gasteiger partial charge on any atom is 0.223 e. The molecule has 2 aromatic carbocycles. The van der Waals surface area contributed by atoms with E-state index < -0.39 is 0 Å². The molecule has 0 bridgehead atoms. The Bertz CT molecular complexity index is 1300. The molecule has 1 atom stereocenters. The van der Waals surface area contributed by atoms with Crippen molar-refractivity contribution in [1.82, 2.24) is 19.5 Å². The van der Waals surface area contributed by atoms with Crippen molar-refractivity contribution in [1.29, 1.82) is 0 Å². The second-order valence-electron chi connectivity index (χ2n) is 8.85.